The van der Waals surface area contributed by atoms with Crippen molar-refractivity contribution in [3.8, 4) is 0 Å². The minimum Gasteiger partial charge on any atom is -0.465 e. The first-order chi connectivity index (χ1) is 13.2. The molecular formula is C17H12Br2ClFN2O5. The Morgan fingerprint density at radius 2 is 2.00 bits per heavy atom. The molecule has 0 atom stereocenters. The van der Waals surface area contributed by atoms with Crippen molar-refractivity contribution in [1.29, 1.82) is 0 Å². The van der Waals surface area contributed by atoms with E-state index in [-0.39, 0.29) is 43.9 Å². The summed E-state index contributed by atoms with van der Waals surface area (Å²) in [5.74, 6) is -2.00. The first kappa shape index (κ1) is 22.3. The summed E-state index contributed by atoms with van der Waals surface area (Å²) >= 11 is 12.2. The Kier molecular flexibility index (Phi) is 7.50. The lowest BCUT2D eigenvalue weighted by Gasteiger charge is -2.13. The highest BCUT2D eigenvalue weighted by Crippen LogP contribution is 2.41. The third kappa shape index (κ3) is 4.86. The van der Waals surface area contributed by atoms with E-state index in [1.54, 1.807) is 6.92 Å². The van der Waals surface area contributed by atoms with Crippen LogP contribution in [0.4, 0.5) is 15.8 Å². The molecule has 11 heteroatoms. The largest absolute Gasteiger partial charge is 0.465 e. The Bertz CT molecular complexity index is 971. The molecule has 0 aliphatic rings. The molecule has 2 rings (SSSR count). The van der Waals surface area contributed by atoms with Crippen molar-refractivity contribution >= 4 is 66.6 Å². The number of nitro benzene ring substituents is 1. The summed E-state index contributed by atoms with van der Waals surface area (Å²) in [6.45, 7) is 1.49. The van der Waals surface area contributed by atoms with Crippen LogP contribution in [0.2, 0.25) is 5.02 Å². The monoisotopic (exact) mass is 536 g/mol. The number of anilines is 1. The SMILES string of the molecule is CCOC(=O)CNc1cc(Br)c(C(=O)c2cc(F)ccc2Cl)c(Br)c1[N+](=O)[O-]. The molecule has 28 heavy (non-hydrogen) atoms. The molecule has 0 radical (unpaired) electrons. The minimum absolute atomic E-state index is 0.00244. The zero-order valence-electron chi connectivity index (χ0n) is 14.2. The summed E-state index contributed by atoms with van der Waals surface area (Å²) in [4.78, 5) is 35.2. The van der Waals surface area contributed by atoms with Crippen molar-refractivity contribution in [1.82, 2.24) is 0 Å². The molecule has 2 aromatic carbocycles. The number of nitrogens with one attached hydrogen (secondary N) is 1. The molecule has 0 heterocycles. The first-order valence-corrected chi connectivity index (χ1v) is 9.69. The van der Waals surface area contributed by atoms with E-state index in [0.29, 0.717) is 0 Å². The topological polar surface area (TPSA) is 98.5 Å². The third-order valence-corrected chi connectivity index (χ3v) is 5.23. The fourth-order valence-corrected chi connectivity index (χ4v) is 4.14. The molecule has 0 bridgehead atoms. The molecule has 7 nitrogen and oxygen atoms in total. The number of carbonyl (C=O) groups is 2. The average molecular weight is 539 g/mol. The maximum atomic E-state index is 13.5. The van der Waals surface area contributed by atoms with Crippen LogP contribution < -0.4 is 5.32 Å². The van der Waals surface area contributed by atoms with Gasteiger partial charge in [0.2, 0.25) is 0 Å². The number of halogens is 4. The lowest BCUT2D eigenvalue weighted by Crippen LogP contribution is -2.18. The Morgan fingerprint density at radius 1 is 1.32 bits per heavy atom. The van der Waals surface area contributed by atoms with E-state index < -0.39 is 28.2 Å². The summed E-state index contributed by atoms with van der Waals surface area (Å²) in [6, 6.07) is 4.54. The number of hydrogen-bond acceptors (Lipinski definition) is 6. The quantitative estimate of drug-likeness (QED) is 0.228. The van der Waals surface area contributed by atoms with Crippen LogP contribution in [0.3, 0.4) is 0 Å². The number of hydrogen-bond donors (Lipinski definition) is 1. The molecule has 0 aliphatic carbocycles. The van der Waals surface area contributed by atoms with E-state index in [1.165, 1.54) is 12.1 Å². The number of ether oxygens (including phenoxy) is 1. The van der Waals surface area contributed by atoms with Crippen LogP contribution in [0.25, 0.3) is 0 Å². The van der Waals surface area contributed by atoms with Gasteiger partial charge in [-0.3, -0.25) is 19.7 Å². The van der Waals surface area contributed by atoms with Gasteiger partial charge in [0.05, 0.1) is 22.1 Å². The number of ketones is 1. The normalized spacial score (nSPS) is 10.5. The van der Waals surface area contributed by atoms with Crippen LogP contribution in [0.5, 0.6) is 0 Å². The second kappa shape index (κ2) is 9.44. The molecule has 0 saturated carbocycles. The molecule has 0 saturated heterocycles. The zero-order valence-corrected chi connectivity index (χ0v) is 18.2. The second-order valence-electron chi connectivity index (χ2n) is 5.31. The van der Waals surface area contributed by atoms with Crippen LogP contribution in [0.15, 0.2) is 33.2 Å². The predicted molar refractivity (Wildman–Crippen MR) is 108 cm³/mol. The minimum atomic E-state index is -0.719. The van der Waals surface area contributed by atoms with Gasteiger partial charge in [-0.15, -0.1) is 0 Å². The maximum absolute atomic E-state index is 13.5. The van der Waals surface area contributed by atoms with Gasteiger partial charge in [0.25, 0.3) is 0 Å². The molecular weight excluding hydrogens is 526 g/mol. The average Bonchev–Trinajstić information content (AvgIpc) is 2.61. The van der Waals surface area contributed by atoms with Gasteiger partial charge >= 0.3 is 11.7 Å². The standard InChI is InChI=1S/C17H12Br2ClFN2O5/c1-2-28-13(24)7-22-12-6-10(18)14(15(19)16(12)23(26)27)17(25)9-5-8(21)3-4-11(9)20/h3-6,22H,2,7H2,1H3. The van der Waals surface area contributed by atoms with Crippen LogP contribution in [0.1, 0.15) is 22.8 Å². The molecule has 2 aromatic rings. The fraction of sp³-hybridized carbons (Fsp3) is 0.176. The van der Waals surface area contributed by atoms with Gasteiger partial charge in [-0.1, -0.05) is 11.6 Å². The molecule has 1 N–H and O–H groups in total. The van der Waals surface area contributed by atoms with Crippen molar-refractivity contribution in [3.05, 3.63) is 65.3 Å². The molecule has 0 aromatic heterocycles. The number of nitro groups is 1. The lowest BCUT2D eigenvalue weighted by molar-refractivity contribution is -0.384. The van der Waals surface area contributed by atoms with Gasteiger partial charge in [0.1, 0.15) is 22.5 Å². The van der Waals surface area contributed by atoms with E-state index in [4.69, 9.17) is 16.3 Å². The smallest absolute Gasteiger partial charge is 0.325 e. The predicted octanol–water partition coefficient (Wildman–Crippen LogP) is 5.12. The number of benzene rings is 2. The van der Waals surface area contributed by atoms with Crippen molar-refractivity contribution in [2.75, 3.05) is 18.5 Å². The van der Waals surface area contributed by atoms with Crippen LogP contribution in [-0.4, -0.2) is 29.8 Å². The molecule has 0 fully saturated rings. The lowest BCUT2D eigenvalue weighted by atomic mass is 10.0. The van der Waals surface area contributed by atoms with E-state index >= 15 is 0 Å². The van der Waals surface area contributed by atoms with Crippen molar-refractivity contribution in [2.24, 2.45) is 0 Å². The highest BCUT2D eigenvalue weighted by molar-refractivity contribution is 9.11. The molecule has 0 amide bonds. The summed E-state index contributed by atoms with van der Waals surface area (Å²) in [5.41, 5.74) is -0.743. The van der Waals surface area contributed by atoms with Crippen LogP contribution in [0, 0.1) is 15.9 Å². The Balaban J connectivity index is 2.54. The summed E-state index contributed by atoms with van der Waals surface area (Å²) < 4.78 is 18.3. The Hall–Kier alpha value is -2.04. The van der Waals surface area contributed by atoms with E-state index in [1.807, 2.05) is 0 Å². The van der Waals surface area contributed by atoms with Crippen molar-refractivity contribution < 1.29 is 23.6 Å². The zero-order chi connectivity index (χ0) is 21.0. The maximum Gasteiger partial charge on any atom is 0.325 e. The van der Waals surface area contributed by atoms with Crippen molar-refractivity contribution in [3.63, 3.8) is 0 Å². The molecule has 0 spiro atoms. The second-order valence-corrected chi connectivity index (χ2v) is 7.37. The number of nitrogens with zero attached hydrogens (tertiary/aromatic N) is 1. The van der Waals surface area contributed by atoms with Gasteiger partial charge < -0.3 is 10.1 Å². The van der Waals surface area contributed by atoms with Gasteiger partial charge in [0.15, 0.2) is 5.78 Å². The number of esters is 1. The van der Waals surface area contributed by atoms with Gasteiger partial charge in [-0.05, 0) is 63.0 Å². The summed E-state index contributed by atoms with van der Waals surface area (Å²) in [5, 5.41) is 14.2. The highest BCUT2D eigenvalue weighted by atomic mass is 79.9. The third-order valence-electron chi connectivity index (χ3n) is 3.50. The van der Waals surface area contributed by atoms with Gasteiger partial charge in [-0.25, -0.2) is 4.39 Å². The number of rotatable bonds is 7. The van der Waals surface area contributed by atoms with Crippen LogP contribution >= 0.6 is 43.5 Å². The van der Waals surface area contributed by atoms with E-state index in [9.17, 15) is 24.1 Å². The van der Waals surface area contributed by atoms with Crippen molar-refractivity contribution in [2.45, 2.75) is 6.92 Å². The molecule has 148 valence electrons. The Morgan fingerprint density at radius 3 is 2.61 bits per heavy atom. The van der Waals surface area contributed by atoms with Gasteiger partial charge in [-0.2, -0.15) is 0 Å². The van der Waals surface area contributed by atoms with Gasteiger partial charge in [0, 0.05) is 10.0 Å². The fourth-order valence-electron chi connectivity index (χ4n) is 2.32. The molecule has 0 unspecified atom stereocenters. The summed E-state index contributed by atoms with van der Waals surface area (Å²) in [6.07, 6.45) is 0. The number of carbonyl (C=O) groups excluding carboxylic acids is 2. The van der Waals surface area contributed by atoms with Crippen LogP contribution in [-0.2, 0) is 9.53 Å². The van der Waals surface area contributed by atoms with E-state index in [2.05, 4.69) is 37.2 Å². The Labute approximate surface area is 180 Å². The highest BCUT2D eigenvalue weighted by Gasteiger charge is 2.29. The first-order valence-electron chi connectivity index (χ1n) is 7.73. The summed E-state index contributed by atoms with van der Waals surface area (Å²) in [7, 11) is 0. The molecule has 0 aliphatic heterocycles. The van der Waals surface area contributed by atoms with E-state index in [0.717, 1.165) is 12.1 Å².